The number of hydrogen-bond donors (Lipinski definition) is 1. The first-order valence-electron chi connectivity index (χ1n) is 7.48. The van der Waals surface area contributed by atoms with Crippen LogP contribution in [0.15, 0.2) is 24.3 Å². The number of hydrogen-bond acceptors (Lipinski definition) is 3. The quantitative estimate of drug-likeness (QED) is 0.838. The molecule has 108 valence electrons. The molecule has 1 aromatic carbocycles. The molecule has 1 saturated carbocycles. The van der Waals surface area contributed by atoms with Crippen LogP contribution in [0.25, 0.3) is 0 Å². The number of nitrogen functional groups attached to an aromatic ring is 1. The van der Waals surface area contributed by atoms with Gasteiger partial charge in [0, 0.05) is 24.9 Å². The molecule has 0 spiro atoms. The van der Waals surface area contributed by atoms with Crippen molar-refractivity contribution in [2.45, 2.75) is 50.8 Å². The van der Waals surface area contributed by atoms with Gasteiger partial charge in [-0.25, -0.2) is 0 Å². The summed E-state index contributed by atoms with van der Waals surface area (Å²) in [5, 5.41) is 0. The molecule has 0 radical (unpaired) electrons. The monoisotopic (exact) mass is 274 g/mol. The number of carbonyl (C=O) groups is 1. The van der Waals surface area contributed by atoms with Crippen molar-refractivity contribution < 1.29 is 9.53 Å². The van der Waals surface area contributed by atoms with Crippen LogP contribution in [0.5, 0.6) is 0 Å². The second-order valence-electron chi connectivity index (χ2n) is 5.79. The van der Waals surface area contributed by atoms with Gasteiger partial charge in [0.25, 0.3) is 0 Å². The molecule has 1 aliphatic carbocycles. The molecule has 0 aromatic heterocycles. The third-order valence-corrected chi connectivity index (χ3v) is 4.13. The van der Waals surface area contributed by atoms with Crippen molar-refractivity contribution in [2.24, 2.45) is 0 Å². The molecule has 20 heavy (non-hydrogen) atoms. The lowest BCUT2D eigenvalue weighted by molar-refractivity contribution is -0.134. The highest BCUT2D eigenvalue weighted by Crippen LogP contribution is 2.31. The van der Waals surface area contributed by atoms with Crippen LogP contribution >= 0.6 is 0 Å². The molecule has 1 amide bonds. The summed E-state index contributed by atoms with van der Waals surface area (Å²) in [5.41, 5.74) is 7.80. The second-order valence-corrected chi connectivity index (χ2v) is 5.79. The highest BCUT2D eigenvalue weighted by molar-refractivity contribution is 5.77. The lowest BCUT2D eigenvalue weighted by Gasteiger charge is -2.24. The Balaban J connectivity index is 1.66. The van der Waals surface area contributed by atoms with Gasteiger partial charge in [-0.05, 0) is 37.3 Å². The third kappa shape index (κ3) is 3.12. The van der Waals surface area contributed by atoms with Gasteiger partial charge in [-0.1, -0.05) is 18.2 Å². The maximum absolute atomic E-state index is 12.5. The summed E-state index contributed by atoms with van der Waals surface area (Å²) >= 11 is 0. The number of anilines is 1. The molecule has 1 heterocycles. The summed E-state index contributed by atoms with van der Waals surface area (Å²) < 4.78 is 5.58. The molecular formula is C16H22N2O2. The number of para-hydroxylation sites is 1. The fraction of sp³-hybridized carbons (Fsp3) is 0.562. The lowest BCUT2D eigenvalue weighted by atomic mass is 10.1. The van der Waals surface area contributed by atoms with Crippen molar-refractivity contribution >= 4 is 11.6 Å². The number of nitrogens with zero attached hydrogens (tertiary/aromatic N) is 1. The third-order valence-electron chi connectivity index (χ3n) is 4.13. The Morgan fingerprint density at radius 2 is 2.10 bits per heavy atom. The van der Waals surface area contributed by atoms with Crippen LogP contribution in [0.2, 0.25) is 0 Å². The Labute approximate surface area is 119 Å². The van der Waals surface area contributed by atoms with Gasteiger partial charge in [-0.2, -0.15) is 0 Å². The molecule has 4 heteroatoms. The summed E-state index contributed by atoms with van der Waals surface area (Å²) in [6.07, 6.45) is 4.96. The highest BCUT2D eigenvalue weighted by Gasteiger charge is 2.34. The number of rotatable bonds is 5. The van der Waals surface area contributed by atoms with Gasteiger partial charge in [0.1, 0.15) is 0 Å². The molecule has 1 unspecified atom stereocenters. The molecule has 1 atom stereocenters. The van der Waals surface area contributed by atoms with Crippen LogP contribution in [0.1, 0.15) is 37.7 Å². The second kappa shape index (κ2) is 5.83. The molecule has 1 aliphatic heterocycles. The number of ether oxygens (including phenoxy) is 1. The first-order valence-corrected chi connectivity index (χ1v) is 7.48. The molecule has 0 bridgehead atoms. The predicted octanol–water partition coefficient (Wildman–Crippen LogP) is 2.33. The fourth-order valence-electron chi connectivity index (χ4n) is 2.79. The molecule has 1 saturated heterocycles. The normalized spacial score (nSPS) is 21.9. The summed E-state index contributed by atoms with van der Waals surface area (Å²) in [5.74, 6) is 0.211. The van der Waals surface area contributed by atoms with Crippen LogP contribution in [0.3, 0.4) is 0 Å². The van der Waals surface area contributed by atoms with E-state index in [1.54, 1.807) is 0 Å². The number of carbonyl (C=O) groups excluding carboxylic acids is 1. The van der Waals surface area contributed by atoms with Gasteiger partial charge in [0.05, 0.1) is 12.5 Å². The van der Waals surface area contributed by atoms with Crippen molar-refractivity contribution in [3.63, 3.8) is 0 Å². The van der Waals surface area contributed by atoms with Gasteiger partial charge < -0.3 is 15.4 Å². The van der Waals surface area contributed by atoms with Gasteiger partial charge in [0.2, 0.25) is 5.91 Å². The topological polar surface area (TPSA) is 55.6 Å². The zero-order valence-electron chi connectivity index (χ0n) is 11.8. The molecular weight excluding hydrogens is 252 g/mol. The van der Waals surface area contributed by atoms with Crippen molar-refractivity contribution in [3.8, 4) is 0 Å². The number of benzene rings is 1. The van der Waals surface area contributed by atoms with Crippen LogP contribution < -0.4 is 5.73 Å². The Morgan fingerprint density at radius 1 is 1.30 bits per heavy atom. The molecule has 3 rings (SSSR count). The summed E-state index contributed by atoms with van der Waals surface area (Å²) in [6, 6.07) is 8.20. The van der Waals surface area contributed by atoms with Crippen molar-refractivity contribution in [1.29, 1.82) is 0 Å². The van der Waals surface area contributed by atoms with E-state index in [-0.39, 0.29) is 12.0 Å². The number of nitrogens with two attached hydrogens (primary N) is 1. The Bertz CT molecular complexity index is 479. The van der Waals surface area contributed by atoms with Crippen LogP contribution in [0, 0.1) is 0 Å². The van der Waals surface area contributed by atoms with E-state index >= 15 is 0 Å². The van der Waals surface area contributed by atoms with E-state index in [9.17, 15) is 4.79 Å². The average Bonchev–Trinajstić information content (AvgIpc) is 3.15. The largest absolute Gasteiger partial charge is 0.398 e. The minimum Gasteiger partial charge on any atom is -0.398 e. The lowest BCUT2D eigenvalue weighted by Crippen LogP contribution is -2.34. The van der Waals surface area contributed by atoms with Crippen molar-refractivity contribution in [3.05, 3.63) is 29.8 Å². The number of amides is 1. The zero-order chi connectivity index (χ0) is 13.9. The van der Waals surface area contributed by atoms with Gasteiger partial charge in [-0.3, -0.25) is 4.79 Å². The highest BCUT2D eigenvalue weighted by atomic mass is 16.5. The van der Waals surface area contributed by atoms with E-state index in [4.69, 9.17) is 10.5 Å². The summed E-state index contributed by atoms with van der Waals surface area (Å²) in [7, 11) is 0. The first kappa shape index (κ1) is 13.4. The SMILES string of the molecule is Nc1ccccc1CN(C(=O)CC1CCCO1)C1CC1. The van der Waals surface area contributed by atoms with E-state index in [1.165, 1.54) is 0 Å². The molecule has 2 N–H and O–H groups in total. The summed E-state index contributed by atoms with van der Waals surface area (Å²) in [4.78, 5) is 14.5. The van der Waals surface area contributed by atoms with Gasteiger partial charge in [0.15, 0.2) is 0 Å². The minimum atomic E-state index is 0.122. The Hall–Kier alpha value is -1.55. The zero-order valence-corrected chi connectivity index (χ0v) is 11.8. The van der Waals surface area contributed by atoms with Crippen molar-refractivity contribution in [2.75, 3.05) is 12.3 Å². The van der Waals surface area contributed by atoms with E-state index in [0.29, 0.717) is 19.0 Å². The van der Waals surface area contributed by atoms with Gasteiger partial charge in [-0.15, -0.1) is 0 Å². The van der Waals surface area contributed by atoms with E-state index < -0.39 is 0 Å². The van der Waals surface area contributed by atoms with E-state index in [2.05, 4.69) is 0 Å². The van der Waals surface area contributed by atoms with Gasteiger partial charge >= 0.3 is 0 Å². The van der Waals surface area contributed by atoms with Crippen molar-refractivity contribution in [1.82, 2.24) is 4.90 Å². The smallest absolute Gasteiger partial charge is 0.225 e. The molecule has 1 aromatic rings. The standard InChI is InChI=1S/C16H22N2O2/c17-15-6-2-1-4-12(15)11-18(13-7-8-13)16(19)10-14-5-3-9-20-14/h1-2,4,6,13-14H,3,5,7-11,17H2. The predicted molar refractivity (Wildman–Crippen MR) is 78.0 cm³/mol. The first-order chi connectivity index (χ1) is 9.74. The average molecular weight is 274 g/mol. The molecule has 2 aliphatic rings. The molecule has 2 fully saturated rings. The van der Waals surface area contributed by atoms with Crippen LogP contribution in [-0.4, -0.2) is 29.6 Å². The fourth-order valence-corrected chi connectivity index (χ4v) is 2.79. The van der Waals surface area contributed by atoms with Crippen LogP contribution in [-0.2, 0) is 16.1 Å². The maximum atomic E-state index is 12.5. The Kier molecular flexibility index (Phi) is 3.92. The maximum Gasteiger partial charge on any atom is 0.225 e. The molecule has 4 nitrogen and oxygen atoms in total. The van der Waals surface area contributed by atoms with E-state index in [1.807, 2.05) is 29.2 Å². The summed E-state index contributed by atoms with van der Waals surface area (Å²) in [6.45, 7) is 1.43. The van der Waals surface area contributed by atoms with Crippen LogP contribution in [0.4, 0.5) is 5.69 Å². The van der Waals surface area contributed by atoms with E-state index in [0.717, 1.165) is 43.5 Å². The Morgan fingerprint density at radius 3 is 2.75 bits per heavy atom. The minimum absolute atomic E-state index is 0.122.